The van der Waals surface area contributed by atoms with Gasteiger partial charge in [-0.1, -0.05) is 24.6 Å². The number of carbonyl (C=O) groups excluding carboxylic acids is 1. The minimum atomic E-state index is -0.711. The molecular formula is C14H16N2O2S. The Morgan fingerprint density at radius 2 is 1.84 bits per heavy atom. The van der Waals surface area contributed by atoms with Crippen LogP contribution in [-0.4, -0.2) is 21.7 Å². The van der Waals surface area contributed by atoms with E-state index in [2.05, 4.69) is 5.43 Å². The molecule has 1 aliphatic carbocycles. The number of hydrazine groups is 1. The zero-order chi connectivity index (χ0) is 13.3. The minimum absolute atomic E-state index is 0.0546. The maximum Gasteiger partial charge on any atom is 0.293 e. The highest BCUT2D eigenvalue weighted by molar-refractivity contribution is 7.80. The molecule has 0 radical (unpaired) electrons. The van der Waals surface area contributed by atoms with Gasteiger partial charge in [-0.05, 0) is 50.0 Å². The lowest BCUT2D eigenvalue weighted by Crippen LogP contribution is -2.44. The molecule has 5 heteroatoms. The summed E-state index contributed by atoms with van der Waals surface area (Å²) in [7, 11) is 0. The molecule has 1 aromatic rings. The molecular weight excluding hydrogens is 260 g/mol. The minimum Gasteiger partial charge on any atom is -0.453 e. The van der Waals surface area contributed by atoms with Gasteiger partial charge in [0.15, 0.2) is 5.60 Å². The number of benzene rings is 1. The predicted molar refractivity (Wildman–Crippen MR) is 76.4 cm³/mol. The van der Waals surface area contributed by atoms with Crippen molar-refractivity contribution >= 4 is 29.0 Å². The van der Waals surface area contributed by atoms with Crippen molar-refractivity contribution in [2.24, 2.45) is 0 Å². The summed E-state index contributed by atoms with van der Waals surface area (Å²) in [5, 5.41) is 1.60. The number of ether oxygens (including phenoxy) is 1. The molecule has 0 aromatic heterocycles. The molecule has 3 rings (SSSR count). The zero-order valence-corrected chi connectivity index (χ0v) is 11.4. The van der Waals surface area contributed by atoms with Crippen molar-refractivity contribution in [3.05, 3.63) is 30.3 Å². The monoisotopic (exact) mass is 276 g/mol. The lowest BCUT2D eigenvalue weighted by Gasteiger charge is -2.29. The Morgan fingerprint density at radius 1 is 1.16 bits per heavy atom. The molecule has 1 N–H and O–H groups in total. The Hall–Kier alpha value is -1.62. The largest absolute Gasteiger partial charge is 0.453 e. The Kier molecular flexibility index (Phi) is 3.14. The van der Waals surface area contributed by atoms with Gasteiger partial charge in [-0.15, -0.1) is 0 Å². The number of anilines is 1. The van der Waals surface area contributed by atoms with Gasteiger partial charge in [-0.2, -0.15) is 5.01 Å². The van der Waals surface area contributed by atoms with Crippen LogP contribution >= 0.6 is 12.2 Å². The molecule has 4 nitrogen and oxygen atoms in total. The summed E-state index contributed by atoms with van der Waals surface area (Å²) in [6, 6.07) is 9.52. The standard InChI is InChI=1S/C14H16N2O2S/c17-12-14(9-5-2-6-10-14)18-13(19)16(12)15-11-7-3-1-4-8-11/h1,3-4,7-8,15H,2,5-6,9-10H2. The molecule has 0 atom stereocenters. The molecule has 2 fully saturated rings. The van der Waals surface area contributed by atoms with Crippen molar-refractivity contribution in [3.8, 4) is 0 Å². The van der Waals surface area contributed by atoms with E-state index < -0.39 is 5.60 Å². The van der Waals surface area contributed by atoms with Gasteiger partial charge >= 0.3 is 0 Å². The van der Waals surface area contributed by atoms with Gasteiger partial charge in [0.1, 0.15) is 0 Å². The number of hydrogen-bond donors (Lipinski definition) is 1. The Labute approximate surface area is 117 Å². The number of carbonyl (C=O) groups is 1. The summed E-state index contributed by atoms with van der Waals surface area (Å²) in [4.78, 5) is 12.5. The zero-order valence-electron chi connectivity index (χ0n) is 10.6. The summed E-state index contributed by atoms with van der Waals surface area (Å²) in [5.74, 6) is -0.0546. The van der Waals surface area contributed by atoms with E-state index in [0.29, 0.717) is 0 Å². The number of hydrogen-bond acceptors (Lipinski definition) is 4. The van der Waals surface area contributed by atoms with Crippen molar-refractivity contribution < 1.29 is 9.53 Å². The van der Waals surface area contributed by atoms with E-state index in [9.17, 15) is 4.79 Å². The molecule has 100 valence electrons. The smallest absolute Gasteiger partial charge is 0.293 e. The number of thiocarbonyl (C=S) groups is 1. The van der Waals surface area contributed by atoms with Crippen molar-refractivity contribution in [1.29, 1.82) is 0 Å². The molecule has 0 bridgehead atoms. The van der Waals surface area contributed by atoms with Crippen LogP contribution in [0.25, 0.3) is 0 Å². The van der Waals surface area contributed by atoms with Crippen molar-refractivity contribution in [1.82, 2.24) is 5.01 Å². The fraction of sp³-hybridized carbons (Fsp3) is 0.429. The molecule has 1 saturated heterocycles. The molecule has 1 amide bonds. The fourth-order valence-corrected chi connectivity index (χ4v) is 3.01. The summed E-state index contributed by atoms with van der Waals surface area (Å²) in [5.41, 5.74) is 3.15. The van der Waals surface area contributed by atoms with Crippen LogP contribution in [0.5, 0.6) is 0 Å². The first-order chi connectivity index (χ1) is 9.21. The first-order valence-corrected chi connectivity index (χ1v) is 7.01. The van der Waals surface area contributed by atoms with Crippen LogP contribution in [0.1, 0.15) is 32.1 Å². The van der Waals surface area contributed by atoms with Crippen molar-refractivity contribution in [2.45, 2.75) is 37.7 Å². The molecule has 1 heterocycles. The maximum absolute atomic E-state index is 12.5. The first-order valence-electron chi connectivity index (χ1n) is 6.61. The van der Waals surface area contributed by atoms with E-state index in [0.717, 1.165) is 37.8 Å². The lowest BCUT2D eigenvalue weighted by atomic mass is 9.84. The van der Waals surface area contributed by atoms with Crippen LogP contribution in [0.15, 0.2) is 30.3 Å². The van der Waals surface area contributed by atoms with E-state index in [1.54, 1.807) is 0 Å². The molecule has 2 aliphatic rings. The van der Waals surface area contributed by atoms with E-state index in [1.165, 1.54) is 5.01 Å². The molecule has 19 heavy (non-hydrogen) atoms. The molecule has 1 aliphatic heterocycles. The quantitative estimate of drug-likeness (QED) is 0.843. The summed E-state index contributed by atoms with van der Waals surface area (Å²) in [6.07, 6.45) is 4.73. The van der Waals surface area contributed by atoms with Gasteiger partial charge in [-0.25, -0.2) is 0 Å². The van der Waals surface area contributed by atoms with Crippen LogP contribution in [0, 0.1) is 0 Å². The van der Waals surface area contributed by atoms with Gasteiger partial charge < -0.3 is 4.74 Å². The topological polar surface area (TPSA) is 41.6 Å². The van der Waals surface area contributed by atoms with Crippen LogP contribution < -0.4 is 5.43 Å². The highest BCUT2D eigenvalue weighted by Crippen LogP contribution is 2.38. The highest BCUT2D eigenvalue weighted by atomic mass is 32.1. The fourth-order valence-electron chi connectivity index (χ4n) is 2.72. The van der Waals surface area contributed by atoms with Gasteiger partial charge in [0.05, 0.1) is 5.69 Å². The molecule has 1 aromatic carbocycles. The van der Waals surface area contributed by atoms with E-state index in [4.69, 9.17) is 17.0 Å². The Balaban J connectivity index is 1.79. The second kappa shape index (κ2) is 4.81. The third-order valence-electron chi connectivity index (χ3n) is 3.73. The van der Waals surface area contributed by atoms with Gasteiger partial charge in [0.2, 0.25) is 0 Å². The summed E-state index contributed by atoms with van der Waals surface area (Å²) >= 11 is 5.19. The van der Waals surface area contributed by atoms with Gasteiger partial charge in [0, 0.05) is 0 Å². The van der Waals surface area contributed by atoms with E-state index in [1.807, 2.05) is 30.3 Å². The average molecular weight is 276 g/mol. The third kappa shape index (κ3) is 2.18. The number of rotatable bonds is 2. The van der Waals surface area contributed by atoms with Crippen LogP contribution in [0.3, 0.4) is 0 Å². The predicted octanol–water partition coefficient (Wildman–Crippen LogP) is 2.86. The molecule has 1 saturated carbocycles. The first kappa shape index (κ1) is 12.4. The van der Waals surface area contributed by atoms with E-state index in [-0.39, 0.29) is 11.1 Å². The maximum atomic E-state index is 12.5. The number of amides is 1. The number of nitrogens with zero attached hydrogens (tertiary/aromatic N) is 1. The highest BCUT2D eigenvalue weighted by Gasteiger charge is 2.52. The number of nitrogens with one attached hydrogen (secondary N) is 1. The van der Waals surface area contributed by atoms with E-state index >= 15 is 0 Å². The third-order valence-corrected chi connectivity index (χ3v) is 4.00. The summed E-state index contributed by atoms with van der Waals surface area (Å²) in [6.45, 7) is 0. The van der Waals surface area contributed by atoms with Crippen molar-refractivity contribution in [2.75, 3.05) is 5.43 Å². The second-order valence-electron chi connectivity index (χ2n) is 5.04. The van der Waals surface area contributed by atoms with Crippen LogP contribution in [-0.2, 0) is 9.53 Å². The number of para-hydroxylation sites is 1. The molecule has 0 unspecified atom stereocenters. The molecule has 1 spiro atoms. The van der Waals surface area contributed by atoms with Crippen LogP contribution in [0.4, 0.5) is 5.69 Å². The lowest BCUT2D eigenvalue weighted by molar-refractivity contribution is -0.138. The Bertz CT molecular complexity index is 497. The van der Waals surface area contributed by atoms with Gasteiger partial charge in [-0.3, -0.25) is 10.2 Å². The second-order valence-corrected chi connectivity index (χ2v) is 5.39. The Morgan fingerprint density at radius 3 is 2.53 bits per heavy atom. The summed E-state index contributed by atoms with van der Waals surface area (Å²) < 4.78 is 5.73. The van der Waals surface area contributed by atoms with Gasteiger partial charge in [0.25, 0.3) is 11.1 Å². The average Bonchev–Trinajstić information content (AvgIpc) is 2.66. The van der Waals surface area contributed by atoms with Crippen molar-refractivity contribution in [3.63, 3.8) is 0 Å². The SMILES string of the molecule is O=C1N(Nc2ccccc2)C(=S)OC12CCCCC2. The van der Waals surface area contributed by atoms with Crippen LogP contribution in [0.2, 0.25) is 0 Å². The normalized spacial score (nSPS) is 21.6.